The number of thiophene rings is 1. The number of hydrogen-bond donors (Lipinski definition) is 1. The first-order valence-electron chi connectivity index (χ1n) is 4.45. The third-order valence-electron chi connectivity index (χ3n) is 1.79. The molecule has 0 saturated heterocycles. The Hall–Kier alpha value is -1.46. The Morgan fingerprint density at radius 2 is 2.27 bits per heavy atom. The Morgan fingerprint density at radius 1 is 1.33 bits per heavy atom. The Morgan fingerprint density at radius 3 is 2.87 bits per heavy atom. The van der Waals surface area contributed by atoms with E-state index in [0.29, 0.717) is 18.2 Å². The summed E-state index contributed by atoms with van der Waals surface area (Å²) in [5, 5.41) is 10.8. The van der Waals surface area contributed by atoms with Crippen LogP contribution < -0.4 is 4.74 Å². The van der Waals surface area contributed by atoms with E-state index in [9.17, 15) is 0 Å². The normalized spacial score (nSPS) is 10.2. The Bertz CT molecular complexity index is 400. The summed E-state index contributed by atoms with van der Waals surface area (Å²) in [6.07, 6.45) is 3.02. The summed E-state index contributed by atoms with van der Waals surface area (Å²) in [5.74, 6) is 0.473. The summed E-state index contributed by atoms with van der Waals surface area (Å²) in [5.41, 5.74) is 0.540. The molecule has 0 aliphatic rings. The quantitative estimate of drug-likeness (QED) is 0.853. The van der Waals surface area contributed by atoms with Gasteiger partial charge in [-0.05, 0) is 11.4 Å². The zero-order chi connectivity index (χ0) is 10.5. The molecule has 0 atom stereocenters. The number of aliphatic hydroxyl groups excluding tert-OH is 1. The summed E-state index contributed by atoms with van der Waals surface area (Å²) in [4.78, 5) is 9.11. The molecule has 0 radical (unpaired) electrons. The molecule has 0 bridgehead atoms. The molecule has 1 N–H and O–H groups in total. The van der Waals surface area contributed by atoms with Crippen LogP contribution in [0.15, 0.2) is 29.9 Å². The zero-order valence-electron chi connectivity index (χ0n) is 7.96. The van der Waals surface area contributed by atoms with Gasteiger partial charge in [-0.3, -0.25) is 4.98 Å². The van der Waals surface area contributed by atoms with Crippen LogP contribution >= 0.6 is 11.3 Å². The molecule has 0 spiro atoms. The molecular weight excluding hydrogens is 212 g/mol. The minimum atomic E-state index is -0.0990. The monoisotopic (exact) mass is 222 g/mol. The van der Waals surface area contributed by atoms with Crippen LogP contribution in [-0.4, -0.2) is 15.1 Å². The molecule has 0 aliphatic carbocycles. The highest BCUT2D eigenvalue weighted by Crippen LogP contribution is 2.12. The molecule has 0 saturated carbocycles. The minimum Gasteiger partial charge on any atom is -0.471 e. The number of ether oxygens (including phenoxy) is 1. The Labute approximate surface area is 91.2 Å². The van der Waals surface area contributed by atoms with Crippen molar-refractivity contribution in [3.63, 3.8) is 0 Å². The summed E-state index contributed by atoms with van der Waals surface area (Å²) in [7, 11) is 0. The second kappa shape index (κ2) is 4.86. The van der Waals surface area contributed by atoms with Gasteiger partial charge >= 0.3 is 0 Å². The average molecular weight is 222 g/mol. The fourth-order valence-electron chi connectivity index (χ4n) is 1.04. The van der Waals surface area contributed by atoms with Crippen molar-refractivity contribution in [2.45, 2.75) is 13.2 Å². The first kappa shape index (κ1) is 10.1. The van der Waals surface area contributed by atoms with Crippen LogP contribution in [0.3, 0.4) is 0 Å². The second-order valence-electron chi connectivity index (χ2n) is 2.87. The predicted molar refractivity (Wildman–Crippen MR) is 56.6 cm³/mol. The highest BCUT2D eigenvalue weighted by atomic mass is 32.1. The molecule has 0 aliphatic heterocycles. The zero-order valence-corrected chi connectivity index (χ0v) is 8.78. The van der Waals surface area contributed by atoms with Crippen molar-refractivity contribution in [1.82, 2.24) is 9.97 Å². The molecule has 2 heterocycles. The fourth-order valence-corrected chi connectivity index (χ4v) is 1.65. The van der Waals surface area contributed by atoms with Crippen molar-refractivity contribution in [1.29, 1.82) is 0 Å². The first-order valence-corrected chi connectivity index (χ1v) is 5.33. The molecule has 2 aromatic rings. The van der Waals surface area contributed by atoms with E-state index < -0.39 is 0 Å². The lowest BCUT2D eigenvalue weighted by molar-refractivity contribution is 0.272. The lowest BCUT2D eigenvalue weighted by Crippen LogP contribution is -1.97. The summed E-state index contributed by atoms with van der Waals surface area (Å²) in [6.45, 7) is 0.406. The maximum absolute atomic E-state index is 8.77. The minimum absolute atomic E-state index is 0.0990. The van der Waals surface area contributed by atoms with E-state index in [2.05, 4.69) is 9.97 Å². The van der Waals surface area contributed by atoms with Crippen molar-refractivity contribution in [3.8, 4) is 5.88 Å². The standard InChI is InChI=1S/C10H10N2O2S/c13-6-8-4-12-10(5-11-8)14-7-9-2-1-3-15-9/h1-5,13H,6-7H2. The van der Waals surface area contributed by atoms with Crippen molar-refractivity contribution in [2.24, 2.45) is 0 Å². The van der Waals surface area contributed by atoms with Crippen LogP contribution in [0.2, 0.25) is 0 Å². The van der Waals surface area contributed by atoms with Gasteiger partial charge in [-0.15, -0.1) is 11.3 Å². The highest BCUT2D eigenvalue weighted by Gasteiger charge is 1.99. The van der Waals surface area contributed by atoms with Gasteiger partial charge in [-0.25, -0.2) is 4.98 Å². The molecule has 0 unspecified atom stereocenters. The number of rotatable bonds is 4. The maximum atomic E-state index is 8.77. The lowest BCUT2D eigenvalue weighted by atomic mass is 10.5. The second-order valence-corrected chi connectivity index (χ2v) is 3.90. The van der Waals surface area contributed by atoms with Gasteiger partial charge in [-0.1, -0.05) is 6.07 Å². The van der Waals surface area contributed by atoms with E-state index in [1.54, 1.807) is 11.3 Å². The molecule has 78 valence electrons. The van der Waals surface area contributed by atoms with Crippen molar-refractivity contribution in [3.05, 3.63) is 40.5 Å². The van der Waals surface area contributed by atoms with E-state index >= 15 is 0 Å². The third kappa shape index (κ3) is 2.74. The van der Waals surface area contributed by atoms with Gasteiger partial charge in [0.2, 0.25) is 5.88 Å². The molecule has 0 amide bonds. The fraction of sp³-hybridized carbons (Fsp3) is 0.200. The Kier molecular flexibility index (Phi) is 3.26. The highest BCUT2D eigenvalue weighted by molar-refractivity contribution is 7.09. The average Bonchev–Trinajstić information content (AvgIpc) is 2.80. The number of aliphatic hydroxyl groups is 1. The van der Waals surface area contributed by atoms with Crippen molar-refractivity contribution < 1.29 is 9.84 Å². The smallest absolute Gasteiger partial charge is 0.232 e. The van der Waals surface area contributed by atoms with E-state index in [0.717, 1.165) is 4.88 Å². The third-order valence-corrected chi connectivity index (χ3v) is 2.64. The van der Waals surface area contributed by atoms with Gasteiger partial charge in [0.1, 0.15) is 6.61 Å². The van der Waals surface area contributed by atoms with Crippen LogP contribution in [0.4, 0.5) is 0 Å². The molecule has 5 heteroatoms. The molecular formula is C10H10N2O2S. The van der Waals surface area contributed by atoms with E-state index in [1.807, 2.05) is 17.5 Å². The predicted octanol–water partition coefficient (Wildman–Crippen LogP) is 1.61. The number of nitrogens with zero attached hydrogens (tertiary/aromatic N) is 2. The topological polar surface area (TPSA) is 55.2 Å². The summed E-state index contributed by atoms with van der Waals surface area (Å²) >= 11 is 1.64. The molecule has 0 aromatic carbocycles. The van der Waals surface area contributed by atoms with Crippen molar-refractivity contribution >= 4 is 11.3 Å². The summed E-state index contributed by atoms with van der Waals surface area (Å²) < 4.78 is 5.41. The van der Waals surface area contributed by atoms with Crippen LogP contribution in [0, 0.1) is 0 Å². The first-order chi connectivity index (χ1) is 7.38. The lowest BCUT2D eigenvalue weighted by Gasteiger charge is -2.02. The van der Waals surface area contributed by atoms with Gasteiger partial charge < -0.3 is 9.84 Å². The maximum Gasteiger partial charge on any atom is 0.232 e. The van der Waals surface area contributed by atoms with E-state index in [1.165, 1.54) is 12.4 Å². The van der Waals surface area contributed by atoms with Gasteiger partial charge in [-0.2, -0.15) is 0 Å². The van der Waals surface area contributed by atoms with Gasteiger partial charge in [0.25, 0.3) is 0 Å². The molecule has 2 rings (SSSR count). The van der Waals surface area contributed by atoms with E-state index in [4.69, 9.17) is 9.84 Å². The van der Waals surface area contributed by atoms with Crippen LogP contribution in [-0.2, 0) is 13.2 Å². The molecule has 4 nitrogen and oxygen atoms in total. The van der Waals surface area contributed by atoms with E-state index in [-0.39, 0.29) is 6.61 Å². The van der Waals surface area contributed by atoms with Crippen LogP contribution in [0.5, 0.6) is 5.88 Å². The van der Waals surface area contributed by atoms with Crippen molar-refractivity contribution in [2.75, 3.05) is 0 Å². The van der Waals surface area contributed by atoms with Gasteiger partial charge in [0, 0.05) is 4.88 Å². The van der Waals surface area contributed by atoms with Gasteiger partial charge in [0.15, 0.2) is 0 Å². The van der Waals surface area contributed by atoms with Crippen LogP contribution in [0.1, 0.15) is 10.6 Å². The van der Waals surface area contributed by atoms with Crippen LogP contribution in [0.25, 0.3) is 0 Å². The SMILES string of the molecule is OCc1cnc(OCc2cccs2)cn1. The van der Waals surface area contributed by atoms with Gasteiger partial charge in [0.05, 0.1) is 24.7 Å². The molecule has 15 heavy (non-hydrogen) atoms. The number of hydrogen-bond acceptors (Lipinski definition) is 5. The molecule has 2 aromatic heterocycles. The Balaban J connectivity index is 1.93. The largest absolute Gasteiger partial charge is 0.471 e. The number of aromatic nitrogens is 2. The molecule has 0 fully saturated rings. The summed E-state index contributed by atoms with van der Waals surface area (Å²) in [6, 6.07) is 3.98.